The number of unbranched alkanes of at least 4 members (excludes halogenated alkanes) is 2. The van der Waals surface area contributed by atoms with Gasteiger partial charge in [-0.15, -0.1) is 0 Å². The van der Waals surface area contributed by atoms with Crippen LogP contribution in [0.25, 0.3) is 0 Å². The number of rotatable bonds is 10. The first-order chi connectivity index (χ1) is 7.26. The van der Waals surface area contributed by atoms with E-state index in [0.29, 0.717) is 4.83 Å². The maximum absolute atomic E-state index is 5.71. The average Bonchev–Trinajstić information content (AvgIpc) is 2.26. The minimum absolute atomic E-state index is 0.0758. The van der Waals surface area contributed by atoms with Crippen molar-refractivity contribution in [2.45, 2.75) is 64.0 Å². The minimum atomic E-state index is -0.0758. The van der Waals surface area contributed by atoms with Gasteiger partial charge in [-0.25, -0.2) is 0 Å². The zero-order valence-electron chi connectivity index (χ0n) is 10.3. The molecule has 0 aromatic rings. The van der Waals surface area contributed by atoms with E-state index in [1.807, 2.05) is 0 Å². The molecule has 0 bridgehead atoms. The normalized spacial score (nSPS) is 13.4. The van der Waals surface area contributed by atoms with E-state index >= 15 is 0 Å². The lowest BCUT2D eigenvalue weighted by Gasteiger charge is -2.22. The first-order valence-corrected chi connectivity index (χ1v) is 7.05. The van der Waals surface area contributed by atoms with Gasteiger partial charge in [-0.1, -0.05) is 49.5 Å². The van der Waals surface area contributed by atoms with Crippen molar-refractivity contribution in [3.63, 3.8) is 0 Å². The molecule has 0 saturated carbocycles. The standard InChI is InChI=1S/C12H25BrO2/c1-4-7-9-14-12(11(13)6-3)15-10-8-5-2/h11-12H,4-10H2,1-3H3. The molecule has 2 nitrogen and oxygen atoms in total. The van der Waals surface area contributed by atoms with Gasteiger partial charge in [0.1, 0.15) is 0 Å². The van der Waals surface area contributed by atoms with E-state index in [2.05, 4.69) is 36.7 Å². The molecule has 15 heavy (non-hydrogen) atoms. The van der Waals surface area contributed by atoms with Gasteiger partial charge in [0.25, 0.3) is 0 Å². The number of hydrogen-bond acceptors (Lipinski definition) is 2. The van der Waals surface area contributed by atoms with Gasteiger partial charge in [-0.05, 0) is 19.3 Å². The molecule has 3 heteroatoms. The van der Waals surface area contributed by atoms with Crippen LogP contribution < -0.4 is 0 Å². The van der Waals surface area contributed by atoms with Crippen molar-refractivity contribution in [1.82, 2.24) is 0 Å². The van der Waals surface area contributed by atoms with Crippen molar-refractivity contribution in [3.05, 3.63) is 0 Å². The van der Waals surface area contributed by atoms with E-state index in [9.17, 15) is 0 Å². The third-order valence-electron chi connectivity index (χ3n) is 2.25. The lowest BCUT2D eigenvalue weighted by Crippen LogP contribution is -2.28. The monoisotopic (exact) mass is 280 g/mol. The minimum Gasteiger partial charge on any atom is -0.351 e. The summed E-state index contributed by atoms with van der Waals surface area (Å²) in [6, 6.07) is 0. The molecule has 92 valence electrons. The Kier molecular flexibility index (Phi) is 11.2. The van der Waals surface area contributed by atoms with Crippen molar-refractivity contribution in [2.24, 2.45) is 0 Å². The molecule has 0 amide bonds. The average molecular weight is 281 g/mol. The summed E-state index contributed by atoms with van der Waals surface area (Å²) in [6.07, 6.45) is 5.51. The lowest BCUT2D eigenvalue weighted by molar-refractivity contribution is -0.142. The molecule has 0 radical (unpaired) electrons. The molecule has 1 atom stereocenters. The van der Waals surface area contributed by atoms with E-state index in [1.165, 1.54) is 12.8 Å². The fourth-order valence-electron chi connectivity index (χ4n) is 1.14. The fraction of sp³-hybridized carbons (Fsp3) is 1.00. The predicted octanol–water partition coefficient (Wildman–Crippen LogP) is 4.12. The maximum atomic E-state index is 5.71. The van der Waals surface area contributed by atoms with Gasteiger partial charge in [0.2, 0.25) is 0 Å². The molecule has 0 rings (SSSR count). The lowest BCUT2D eigenvalue weighted by atomic mass is 10.3. The van der Waals surface area contributed by atoms with Crippen LogP contribution in [0.1, 0.15) is 52.9 Å². The van der Waals surface area contributed by atoms with Crippen molar-refractivity contribution in [3.8, 4) is 0 Å². The summed E-state index contributed by atoms with van der Waals surface area (Å²) in [5, 5.41) is 0. The van der Waals surface area contributed by atoms with Gasteiger partial charge in [-0.3, -0.25) is 0 Å². The second-order valence-electron chi connectivity index (χ2n) is 3.74. The smallest absolute Gasteiger partial charge is 0.169 e. The van der Waals surface area contributed by atoms with E-state index < -0.39 is 0 Å². The zero-order valence-corrected chi connectivity index (χ0v) is 11.9. The second kappa shape index (κ2) is 10.9. The van der Waals surface area contributed by atoms with E-state index in [1.54, 1.807) is 0 Å². The van der Waals surface area contributed by atoms with Crippen molar-refractivity contribution < 1.29 is 9.47 Å². The van der Waals surface area contributed by atoms with Gasteiger partial charge in [0.15, 0.2) is 6.29 Å². The van der Waals surface area contributed by atoms with Crippen LogP contribution >= 0.6 is 15.9 Å². The summed E-state index contributed by atoms with van der Waals surface area (Å²) in [5.74, 6) is 0. The summed E-state index contributed by atoms with van der Waals surface area (Å²) in [6.45, 7) is 8.08. The topological polar surface area (TPSA) is 18.5 Å². The Morgan fingerprint density at radius 1 is 0.933 bits per heavy atom. The Balaban J connectivity index is 3.73. The third kappa shape index (κ3) is 8.23. The molecule has 0 N–H and O–H groups in total. The summed E-state index contributed by atoms with van der Waals surface area (Å²) in [5.41, 5.74) is 0. The SMILES string of the molecule is CCCCOC(OCCCC)C(Br)CC. The van der Waals surface area contributed by atoms with Crippen LogP contribution in [-0.2, 0) is 9.47 Å². The van der Waals surface area contributed by atoms with Gasteiger partial charge in [0, 0.05) is 13.2 Å². The number of hydrogen-bond donors (Lipinski definition) is 0. The molecule has 0 spiro atoms. The van der Waals surface area contributed by atoms with Gasteiger partial charge < -0.3 is 9.47 Å². The van der Waals surface area contributed by atoms with Crippen LogP contribution in [0.15, 0.2) is 0 Å². The molecule has 0 aliphatic heterocycles. The highest BCUT2D eigenvalue weighted by Gasteiger charge is 2.17. The maximum Gasteiger partial charge on any atom is 0.169 e. The Hall–Kier alpha value is 0.400. The van der Waals surface area contributed by atoms with Crippen molar-refractivity contribution in [1.29, 1.82) is 0 Å². The highest BCUT2D eigenvalue weighted by molar-refractivity contribution is 9.09. The summed E-state index contributed by atoms with van der Waals surface area (Å²) < 4.78 is 11.4. The first-order valence-electron chi connectivity index (χ1n) is 6.13. The zero-order chi connectivity index (χ0) is 11.5. The molecule has 0 aliphatic rings. The molecule has 1 unspecified atom stereocenters. The molecule has 0 fully saturated rings. The largest absolute Gasteiger partial charge is 0.351 e. The van der Waals surface area contributed by atoms with Gasteiger partial charge in [0.05, 0.1) is 4.83 Å². The molecule has 0 aliphatic carbocycles. The Labute approximate surface area is 103 Å². The molecular formula is C12H25BrO2. The first kappa shape index (κ1) is 15.4. The van der Waals surface area contributed by atoms with Crippen LogP contribution in [0, 0.1) is 0 Å². The highest BCUT2D eigenvalue weighted by atomic mass is 79.9. The Morgan fingerprint density at radius 3 is 1.73 bits per heavy atom. The third-order valence-corrected chi connectivity index (χ3v) is 3.32. The van der Waals surface area contributed by atoms with E-state index in [4.69, 9.17) is 9.47 Å². The highest BCUT2D eigenvalue weighted by Crippen LogP contribution is 2.15. The molecule has 0 heterocycles. The van der Waals surface area contributed by atoms with Crippen molar-refractivity contribution in [2.75, 3.05) is 13.2 Å². The molecule has 0 aromatic carbocycles. The number of halogens is 1. The van der Waals surface area contributed by atoms with Gasteiger partial charge >= 0.3 is 0 Å². The van der Waals surface area contributed by atoms with Crippen LogP contribution in [0.4, 0.5) is 0 Å². The van der Waals surface area contributed by atoms with Crippen molar-refractivity contribution >= 4 is 15.9 Å². The van der Waals surface area contributed by atoms with E-state index in [-0.39, 0.29) is 6.29 Å². The molecule has 0 saturated heterocycles. The predicted molar refractivity (Wildman–Crippen MR) is 68.5 cm³/mol. The van der Waals surface area contributed by atoms with Crippen LogP contribution in [0.2, 0.25) is 0 Å². The number of ether oxygens (including phenoxy) is 2. The summed E-state index contributed by atoms with van der Waals surface area (Å²) >= 11 is 3.60. The second-order valence-corrected chi connectivity index (χ2v) is 4.92. The Bertz CT molecular complexity index is 121. The Morgan fingerprint density at radius 2 is 1.40 bits per heavy atom. The van der Waals surface area contributed by atoms with Crippen LogP contribution in [-0.4, -0.2) is 24.3 Å². The molecule has 0 aromatic heterocycles. The quantitative estimate of drug-likeness (QED) is 0.341. The summed E-state index contributed by atoms with van der Waals surface area (Å²) in [7, 11) is 0. The van der Waals surface area contributed by atoms with E-state index in [0.717, 1.165) is 32.5 Å². The summed E-state index contributed by atoms with van der Waals surface area (Å²) in [4.78, 5) is 0.311. The number of alkyl halides is 1. The van der Waals surface area contributed by atoms with Crippen LogP contribution in [0.3, 0.4) is 0 Å². The fourth-order valence-corrected chi connectivity index (χ4v) is 1.44. The molecular weight excluding hydrogens is 256 g/mol. The van der Waals surface area contributed by atoms with Gasteiger partial charge in [-0.2, -0.15) is 0 Å². The van der Waals surface area contributed by atoms with Crippen LogP contribution in [0.5, 0.6) is 0 Å².